The molecule has 0 spiro atoms. The summed E-state index contributed by atoms with van der Waals surface area (Å²) in [6.45, 7) is 6.55. The van der Waals surface area contributed by atoms with Crippen LogP contribution in [0.1, 0.15) is 13.8 Å². The van der Waals surface area contributed by atoms with Crippen LogP contribution in [0.3, 0.4) is 0 Å². The van der Waals surface area contributed by atoms with E-state index >= 15 is 0 Å². The molecule has 1 amide bonds. The lowest BCUT2D eigenvalue weighted by atomic mass is 10.5. The summed E-state index contributed by atoms with van der Waals surface area (Å²) in [7, 11) is 1.61. The lowest BCUT2D eigenvalue weighted by Crippen LogP contribution is -2.33. The Morgan fingerprint density at radius 3 is 2.31 bits per heavy atom. The number of carbonyl (C=O) groups is 1. The predicted octanol–water partition coefficient (Wildman–Crippen LogP) is 0.518. The van der Waals surface area contributed by atoms with E-state index in [1.165, 1.54) is 0 Å². The van der Waals surface area contributed by atoms with Gasteiger partial charge in [0.25, 0.3) is 0 Å². The molecule has 0 heterocycles. The van der Waals surface area contributed by atoms with Crippen LogP contribution in [0.25, 0.3) is 0 Å². The third-order valence-electron chi connectivity index (χ3n) is 1.77. The van der Waals surface area contributed by atoms with Crippen LogP contribution >= 0.6 is 0 Å². The molecule has 0 atom stereocenters. The fourth-order valence-corrected chi connectivity index (χ4v) is 0.969. The monoisotopic (exact) mass is 189 g/mol. The fourth-order valence-electron chi connectivity index (χ4n) is 0.969. The van der Waals surface area contributed by atoms with Crippen LogP contribution in [0.15, 0.2) is 0 Å². The van der Waals surface area contributed by atoms with Gasteiger partial charge in [0, 0.05) is 20.2 Å². The third-order valence-corrected chi connectivity index (χ3v) is 1.77. The number of hydrogen-bond donors (Lipinski definition) is 0. The van der Waals surface area contributed by atoms with Crippen LogP contribution in [0.5, 0.6) is 0 Å². The first-order chi connectivity index (χ1) is 6.26. The van der Waals surface area contributed by atoms with Gasteiger partial charge >= 0.3 is 0 Å². The highest BCUT2D eigenvalue weighted by molar-refractivity contribution is 5.77. The van der Waals surface area contributed by atoms with Gasteiger partial charge in [0.15, 0.2) is 0 Å². The Hall–Kier alpha value is -0.610. The molecule has 0 bridgehead atoms. The highest BCUT2D eigenvalue weighted by Crippen LogP contribution is 1.89. The van der Waals surface area contributed by atoms with E-state index in [4.69, 9.17) is 9.47 Å². The fraction of sp³-hybridized carbons (Fsp3) is 0.889. The minimum Gasteiger partial charge on any atom is -0.382 e. The van der Waals surface area contributed by atoms with Gasteiger partial charge in [-0.25, -0.2) is 0 Å². The van der Waals surface area contributed by atoms with Crippen LogP contribution in [-0.2, 0) is 14.3 Å². The molecule has 78 valence electrons. The van der Waals surface area contributed by atoms with E-state index < -0.39 is 0 Å². The van der Waals surface area contributed by atoms with Gasteiger partial charge < -0.3 is 14.4 Å². The average Bonchev–Trinajstić information content (AvgIpc) is 2.14. The second kappa shape index (κ2) is 8.01. The molecular formula is C9H19NO3. The molecule has 0 fully saturated rings. The van der Waals surface area contributed by atoms with Crippen molar-refractivity contribution >= 4 is 5.91 Å². The first-order valence-corrected chi connectivity index (χ1v) is 4.60. The van der Waals surface area contributed by atoms with Crippen LogP contribution in [0.4, 0.5) is 0 Å². The molecule has 0 radical (unpaired) electrons. The summed E-state index contributed by atoms with van der Waals surface area (Å²) in [5.41, 5.74) is 0. The first kappa shape index (κ1) is 12.4. The Morgan fingerprint density at radius 1 is 1.23 bits per heavy atom. The number of carbonyl (C=O) groups excluding carboxylic acids is 1. The number of amides is 1. The summed E-state index contributed by atoms with van der Waals surface area (Å²) in [5.74, 6) is 0.0427. The number of methoxy groups -OCH3 is 1. The van der Waals surface area contributed by atoms with Crippen molar-refractivity contribution in [1.29, 1.82) is 0 Å². The highest BCUT2D eigenvalue weighted by atomic mass is 16.5. The molecule has 0 aromatic carbocycles. The highest BCUT2D eigenvalue weighted by Gasteiger charge is 2.08. The Kier molecular flexibility index (Phi) is 7.63. The maximum atomic E-state index is 11.3. The Bertz CT molecular complexity index is 135. The van der Waals surface area contributed by atoms with Crippen molar-refractivity contribution in [2.75, 3.05) is 40.0 Å². The van der Waals surface area contributed by atoms with E-state index in [9.17, 15) is 4.79 Å². The number of rotatable bonds is 7. The zero-order chi connectivity index (χ0) is 10.1. The third kappa shape index (κ3) is 5.60. The SMILES string of the molecule is CCN(CC)C(=O)COCCOC. The van der Waals surface area contributed by atoms with E-state index in [-0.39, 0.29) is 12.5 Å². The van der Waals surface area contributed by atoms with Crippen LogP contribution in [0, 0.1) is 0 Å². The zero-order valence-corrected chi connectivity index (χ0v) is 8.71. The van der Waals surface area contributed by atoms with E-state index in [0.717, 1.165) is 13.1 Å². The molecule has 0 unspecified atom stereocenters. The molecule has 0 aromatic rings. The minimum absolute atomic E-state index is 0.0427. The standard InChI is InChI=1S/C9H19NO3/c1-4-10(5-2)9(11)8-13-7-6-12-3/h4-8H2,1-3H3. The van der Waals surface area contributed by atoms with E-state index in [1.807, 2.05) is 13.8 Å². The Balaban J connectivity index is 3.48. The number of likely N-dealkylation sites (N-methyl/N-ethyl adjacent to an activating group) is 1. The lowest BCUT2D eigenvalue weighted by Gasteiger charge is -2.18. The van der Waals surface area contributed by atoms with E-state index in [2.05, 4.69) is 0 Å². The minimum atomic E-state index is 0.0427. The molecule has 0 saturated heterocycles. The predicted molar refractivity (Wildman–Crippen MR) is 50.6 cm³/mol. The van der Waals surface area contributed by atoms with Crippen molar-refractivity contribution in [1.82, 2.24) is 4.90 Å². The molecule has 0 aliphatic heterocycles. The maximum Gasteiger partial charge on any atom is 0.248 e. The Morgan fingerprint density at radius 2 is 1.85 bits per heavy atom. The summed E-state index contributed by atoms with van der Waals surface area (Å²) in [6, 6.07) is 0. The molecule has 0 aromatic heterocycles. The van der Waals surface area contributed by atoms with Gasteiger partial charge in [-0.1, -0.05) is 0 Å². The maximum absolute atomic E-state index is 11.3. The molecule has 0 N–H and O–H groups in total. The quantitative estimate of drug-likeness (QED) is 0.548. The normalized spacial score (nSPS) is 10.1. The van der Waals surface area contributed by atoms with Crippen LogP contribution < -0.4 is 0 Å². The van der Waals surface area contributed by atoms with E-state index in [0.29, 0.717) is 13.2 Å². The summed E-state index contributed by atoms with van der Waals surface area (Å²) < 4.78 is 9.89. The van der Waals surface area contributed by atoms with Crippen molar-refractivity contribution in [3.63, 3.8) is 0 Å². The molecule has 4 heteroatoms. The molecule has 0 aliphatic carbocycles. The molecule has 0 saturated carbocycles. The average molecular weight is 189 g/mol. The number of nitrogens with zero attached hydrogens (tertiary/aromatic N) is 1. The van der Waals surface area contributed by atoms with E-state index in [1.54, 1.807) is 12.0 Å². The van der Waals surface area contributed by atoms with Crippen LogP contribution in [0.2, 0.25) is 0 Å². The largest absolute Gasteiger partial charge is 0.382 e. The summed E-state index contributed by atoms with van der Waals surface area (Å²) >= 11 is 0. The van der Waals surface area contributed by atoms with Crippen molar-refractivity contribution in [3.05, 3.63) is 0 Å². The summed E-state index contributed by atoms with van der Waals surface area (Å²) in [5, 5.41) is 0. The van der Waals surface area contributed by atoms with Crippen molar-refractivity contribution in [2.24, 2.45) is 0 Å². The van der Waals surface area contributed by atoms with Crippen molar-refractivity contribution in [2.45, 2.75) is 13.8 Å². The topological polar surface area (TPSA) is 38.8 Å². The molecule has 0 aliphatic rings. The van der Waals surface area contributed by atoms with Gasteiger partial charge in [-0.05, 0) is 13.8 Å². The van der Waals surface area contributed by atoms with Gasteiger partial charge in [0.05, 0.1) is 13.2 Å². The van der Waals surface area contributed by atoms with Gasteiger partial charge in [-0.15, -0.1) is 0 Å². The molecule has 0 rings (SSSR count). The van der Waals surface area contributed by atoms with Crippen LogP contribution in [-0.4, -0.2) is 50.8 Å². The second-order valence-electron chi connectivity index (χ2n) is 2.61. The zero-order valence-electron chi connectivity index (χ0n) is 8.71. The summed E-state index contributed by atoms with van der Waals surface area (Å²) in [6.07, 6.45) is 0. The first-order valence-electron chi connectivity index (χ1n) is 4.60. The molecule has 4 nitrogen and oxygen atoms in total. The van der Waals surface area contributed by atoms with Gasteiger partial charge in [-0.2, -0.15) is 0 Å². The molecule has 13 heavy (non-hydrogen) atoms. The Labute approximate surface area is 79.8 Å². The lowest BCUT2D eigenvalue weighted by molar-refractivity contribution is -0.136. The van der Waals surface area contributed by atoms with Gasteiger partial charge in [-0.3, -0.25) is 4.79 Å². The smallest absolute Gasteiger partial charge is 0.248 e. The van der Waals surface area contributed by atoms with Crippen molar-refractivity contribution < 1.29 is 14.3 Å². The van der Waals surface area contributed by atoms with Gasteiger partial charge in [0.1, 0.15) is 6.61 Å². The molecular weight excluding hydrogens is 170 g/mol. The van der Waals surface area contributed by atoms with Crippen molar-refractivity contribution in [3.8, 4) is 0 Å². The van der Waals surface area contributed by atoms with Gasteiger partial charge in [0.2, 0.25) is 5.91 Å². The summed E-state index contributed by atoms with van der Waals surface area (Å²) in [4.78, 5) is 13.1. The second-order valence-corrected chi connectivity index (χ2v) is 2.61. The number of hydrogen-bond acceptors (Lipinski definition) is 3. The number of ether oxygens (including phenoxy) is 2.